The maximum Gasteiger partial charge on any atom is 0.0338 e. The molecule has 78 valence electrons. The standard InChI is InChI=1S/C14H16S/c1-2-6-10-9(5-1)13-11-7-3-4-8-12(11)14(10)15-13/h1-2,5-6,11-14H,3-4,7-8H2/t11-,12+,13-,14+. The van der Waals surface area contributed by atoms with Gasteiger partial charge in [-0.25, -0.2) is 0 Å². The van der Waals surface area contributed by atoms with Crippen molar-refractivity contribution in [3.8, 4) is 0 Å². The number of hydrogen-bond donors (Lipinski definition) is 0. The molecule has 4 rings (SSSR count). The minimum Gasteiger partial charge on any atom is -0.145 e. The van der Waals surface area contributed by atoms with Crippen molar-refractivity contribution in [1.29, 1.82) is 0 Å². The van der Waals surface area contributed by atoms with E-state index in [2.05, 4.69) is 36.0 Å². The van der Waals surface area contributed by atoms with Crippen LogP contribution in [0.5, 0.6) is 0 Å². The quantitative estimate of drug-likeness (QED) is 0.622. The van der Waals surface area contributed by atoms with Crippen molar-refractivity contribution in [3.05, 3.63) is 35.4 Å². The molecule has 2 heterocycles. The summed E-state index contributed by atoms with van der Waals surface area (Å²) in [6, 6.07) is 9.19. The van der Waals surface area contributed by atoms with E-state index < -0.39 is 0 Å². The van der Waals surface area contributed by atoms with Gasteiger partial charge in [0.2, 0.25) is 0 Å². The Morgan fingerprint density at radius 3 is 1.93 bits per heavy atom. The Bertz CT molecular complexity index is 361. The van der Waals surface area contributed by atoms with Crippen LogP contribution in [0.15, 0.2) is 24.3 Å². The van der Waals surface area contributed by atoms with Crippen LogP contribution in [-0.2, 0) is 0 Å². The van der Waals surface area contributed by atoms with E-state index in [-0.39, 0.29) is 0 Å². The Kier molecular flexibility index (Phi) is 1.76. The summed E-state index contributed by atoms with van der Waals surface area (Å²) in [5.41, 5.74) is 3.35. The van der Waals surface area contributed by atoms with E-state index in [9.17, 15) is 0 Å². The van der Waals surface area contributed by atoms with Gasteiger partial charge in [0, 0.05) is 10.5 Å². The molecule has 0 nitrogen and oxygen atoms in total. The fourth-order valence-electron chi connectivity index (χ4n) is 3.94. The highest BCUT2D eigenvalue weighted by molar-refractivity contribution is 8.00. The highest BCUT2D eigenvalue weighted by Gasteiger charge is 2.51. The first kappa shape index (κ1) is 8.69. The first-order valence-electron chi connectivity index (χ1n) is 6.19. The fraction of sp³-hybridized carbons (Fsp3) is 0.571. The molecule has 0 unspecified atom stereocenters. The number of fused-ring (bicyclic) bond motifs is 8. The molecule has 0 aromatic heterocycles. The zero-order valence-corrected chi connectivity index (χ0v) is 9.67. The van der Waals surface area contributed by atoms with Crippen LogP contribution in [0, 0.1) is 11.8 Å². The summed E-state index contributed by atoms with van der Waals surface area (Å²) in [7, 11) is 0. The second kappa shape index (κ2) is 3.04. The zero-order valence-electron chi connectivity index (χ0n) is 8.86. The van der Waals surface area contributed by atoms with Crippen LogP contribution in [0.2, 0.25) is 0 Å². The van der Waals surface area contributed by atoms with Crippen LogP contribution in [0.25, 0.3) is 0 Å². The molecule has 1 saturated heterocycles. The Morgan fingerprint density at radius 2 is 1.40 bits per heavy atom. The lowest BCUT2D eigenvalue weighted by Gasteiger charge is -2.34. The summed E-state index contributed by atoms with van der Waals surface area (Å²) in [5, 5.41) is 1.72. The first-order valence-corrected chi connectivity index (χ1v) is 7.14. The van der Waals surface area contributed by atoms with E-state index >= 15 is 0 Å². The minimum atomic E-state index is 0.858. The van der Waals surface area contributed by atoms with Crippen LogP contribution < -0.4 is 0 Å². The summed E-state index contributed by atoms with van der Waals surface area (Å²) in [4.78, 5) is 0. The molecule has 1 aliphatic carbocycles. The highest BCUT2D eigenvalue weighted by Crippen LogP contribution is 2.69. The SMILES string of the molecule is c1ccc2c(c1)[C@H]1S[C@@H]2[C@H]2CCCC[C@H]21. The average molecular weight is 216 g/mol. The van der Waals surface area contributed by atoms with E-state index in [1.54, 1.807) is 11.1 Å². The van der Waals surface area contributed by atoms with Gasteiger partial charge in [0.15, 0.2) is 0 Å². The number of benzene rings is 1. The molecule has 2 fully saturated rings. The molecule has 2 aliphatic heterocycles. The molecule has 2 bridgehead atoms. The number of hydrogen-bond acceptors (Lipinski definition) is 1. The highest BCUT2D eigenvalue weighted by atomic mass is 32.2. The van der Waals surface area contributed by atoms with Gasteiger partial charge in [0.05, 0.1) is 0 Å². The van der Waals surface area contributed by atoms with E-state index in [0.29, 0.717) is 0 Å². The average Bonchev–Trinajstić information content (AvgIpc) is 2.86. The molecule has 3 aliphatic rings. The number of thioether (sulfide) groups is 1. The Morgan fingerprint density at radius 1 is 0.867 bits per heavy atom. The zero-order chi connectivity index (χ0) is 9.83. The van der Waals surface area contributed by atoms with E-state index in [0.717, 1.165) is 22.3 Å². The maximum absolute atomic E-state index is 2.37. The third-order valence-corrected chi connectivity index (χ3v) is 6.35. The molecule has 0 radical (unpaired) electrons. The third-order valence-electron chi connectivity index (χ3n) is 4.55. The lowest BCUT2D eigenvalue weighted by Crippen LogP contribution is -2.24. The molecule has 1 saturated carbocycles. The van der Waals surface area contributed by atoms with Gasteiger partial charge in [0.25, 0.3) is 0 Å². The van der Waals surface area contributed by atoms with Gasteiger partial charge in [-0.1, -0.05) is 37.1 Å². The summed E-state index contributed by atoms with van der Waals surface area (Å²) in [5.74, 6) is 2.03. The summed E-state index contributed by atoms with van der Waals surface area (Å²) >= 11 is 2.27. The normalized spacial score (nSPS) is 41.3. The lowest BCUT2D eigenvalue weighted by molar-refractivity contribution is 0.234. The Hall–Kier alpha value is -0.430. The molecule has 4 atom stereocenters. The van der Waals surface area contributed by atoms with Gasteiger partial charge in [-0.3, -0.25) is 0 Å². The molecule has 1 aromatic carbocycles. The van der Waals surface area contributed by atoms with Gasteiger partial charge >= 0.3 is 0 Å². The van der Waals surface area contributed by atoms with Crippen molar-refractivity contribution in [1.82, 2.24) is 0 Å². The predicted molar refractivity (Wildman–Crippen MR) is 65.0 cm³/mol. The van der Waals surface area contributed by atoms with Crippen LogP contribution in [0.3, 0.4) is 0 Å². The van der Waals surface area contributed by atoms with Crippen molar-refractivity contribution in [2.24, 2.45) is 11.8 Å². The second-order valence-corrected chi connectivity index (χ2v) is 6.51. The van der Waals surface area contributed by atoms with Crippen LogP contribution in [-0.4, -0.2) is 0 Å². The van der Waals surface area contributed by atoms with E-state index in [1.807, 2.05) is 0 Å². The van der Waals surface area contributed by atoms with Crippen molar-refractivity contribution in [2.75, 3.05) is 0 Å². The minimum absolute atomic E-state index is 0.858. The molecular weight excluding hydrogens is 200 g/mol. The largest absolute Gasteiger partial charge is 0.145 e. The van der Waals surface area contributed by atoms with Crippen molar-refractivity contribution >= 4 is 11.8 Å². The van der Waals surface area contributed by atoms with Crippen LogP contribution in [0.1, 0.15) is 47.3 Å². The molecule has 1 aromatic rings. The smallest absolute Gasteiger partial charge is 0.0338 e. The summed E-state index contributed by atoms with van der Waals surface area (Å²) in [6.45, 7) is 0. The molecule has 15 heavy (non-hydrogen) atoms. The fourth-order valence-corrected chi connectivity index (χ4v) is 6.05. The predicted octanol–water partition coefficient (Wildman–Crippen LogP) is 4.34. The third kappa shape index (κ3) is 1.05. The number of rotatable bonds is 0. The van der Waals surface area contributed by atoms with Gasteiger partial charge in [0.1, 0.15) is 0 Å². The van der Waals surface area contributed by atoms with Gasteiger partial charge in [-0.05, 0) is 35.8 Å². The van der Waals surface area contributed by atoms with Crippen molar-refractivity contribution in [2.45, 2.75) is 36.2 Å². The van der Waals surface area contributed by atoms with Crippen molar-refractivity contribution in [3.63, 3.8) is 0 Å². The maximum atomic E-state index is 2.37. The van der Waals surface area contributed by atoms with E-state index in [1.165, 1.54) is 25.7 Å². The molecule has 0 N–H and O–H groups in total. The molecular formula is C14H16S. The van der Waals surface area contributed by atoms with Crippen LogP contribution >= 0.6 is 11.8 Å². The molecule has 0 spiro atoms. The van der Waals surface area contributed by atoms with Gasteiger partial charge in [-0.15, -0.1) is 11.8 Å². The molecule has 0 amide bonds. The molecule has 1 heteroatoms. The van der Waals surface area contributed by atoms with Gasteiger partial charge < -0.3 is 0 Å². The summed E-state index contributed by atoms with van der Waals surface area (Å²) < 4.78 is 0. The summed E-state index contributed by atoms with van der Waals surface area (Å²) in [6.07, 6.45) is 5.95. The van der Waals surface area contributed by atoms with Crippen LogP contribution in [0.4, 0.5) is 0 Å². The first-order chi connectivity index (χ1) is 7.45. The second-order valence-electron chi connectivity index (χ2n) is 5.22. The van der Waals surface area contributed by atoms with Gasteiger partial charge in [-0.2, -0.15) is 0 Å². The topological polar surface area (TPSA) is 0 Å². The van der Waals surface area contributed by atoms with Crippen molar-refractivity contribution < 1.29 is 0 Å². The monoisotopic (exact) mass is 216 g/mol. The van der Waals surface area contributed by atoms with E-state index in [4.69, 9.17) is 0 Å². The lowest BCUT2D eigenvalue weighted by atomic mass is 9.69. The Balaban J connectivity index is 1.83. The Labute approximate surface area is 95.5 Å².